The number of carbonyl (C=O) groups excluding carboxylic acids is 2. The van der Waals surface area contributed by atoms with Crippen LogP contribution in [0.4, 0.5) is 0 Å². The third-order valence-electron chi connectivity index (χ3n) is 4.12. The van der Waals surface area contributed by atoms with E-state index >= 15 is 0 Å². The molecule has 5 nitrogen and oxygen atoms in total. The van der Waals surface area contributed by atoms with Crippen molar-refractivity contribution in [1.82, 2.24) is 5.32 Å². The Kier molecular flexibility index (Phi) is 7.75. The van der Waals surface area contributed by atoms with Gasteiger partial charge in [-0.15, -0.1) is 0 Å². The van der Waals surface area contributed by atoms with Crippen molar-refractivity contribution in [2.24, 2.45) is 5.73 Å². The molecule has 0 aliphatic heterocycles. The second kappa shape index (κ2) is 9.30. The summed E-state index contributed by atoms with van der Waals surface area (Å²) in [5.41, 5.74) is 6.49. The summed E-state index contributed by atoms with van der Waals surface area (Å²) in [5, 5.41) is 2.89. The van der Waals surface area contributed by atoms with Crippen molar-refractivity contribution in [3.63, 3.8) is 0 Å². The molecule has 0 atom stereocenters. The van der Waals surface area contributed by atoms with Crippen molar-refractivity contribution >= 4 is 11.7 Å². The van der Waals surface area contributed by atoms with Gasteiger partial charge in [-0.05, 0) is 50.5 Å². The van der Waals surface area contributed by atoms with Gasteiger partial charge in [0, 0.05) is 24.1 Å². The Hall–Kier alpha value is -1.88. The maximum Gasteiger partial charge on any atom is 0.220 e. The molecule has 0 aliphatic carbocycles. The molecule has 1 aromatic carbocycles. The summed E-state index contributed by atoms with van der Waals surface area (Å²) in [4.78, 5) is 23.0. The summed E-state index contributed by atoms with van der Waals surface area (Å²) < 4.78 is 5.56. The molecule has 1 amide bonds. The van der Waals surface area contributed by atoms with Crippen LogP contribution in [0.25, 0.3) is 0 Å². The molecule has 23 heavy (non-hydrogen) atoms. The number of rotatable bonds is 10. The molecular formula is C18H28N2O3. The normalized spacial score (nSPS) is 11.1. The predicted octanol–water partition coefficient (Wildman–Crippen LogP) is 2.68. The largest absolute Gasteiger partial charge is 0.494 e. The fourth-order valence-corrected chi connectivity index (χ4v) is 2.07. The number of nitrogens with one attached hydrogen (secondary N) is 1. The Bertz CT molecular complexity index is 508. The molecule has 0 unspecified atom stereocenters. The molecule has 0 bridgehead atoms. The van der Waals surface area contributed by atoms with Gasteiger partial charge in [-0.2, -0.15) is 0 Å². The number of ether oxygens (including phenoxy) is 1. The summed E-state index contributed by atoms with van der Waals surface area (Å²) in [6.07, 6.45) is 2.72. The molecular weight excluding hydrogens is 292 g/mol. The van der Waals surface area contributed by atoms with Crippen LogP contribution in [0, 0.1) is 0 Å². The van der Waals surface area contributed by atoms with Crippen LogP contribution in [0.2, 0.25) is 0 Å². The monoisotopic (exact) mass is 320 g/mol. The van der Waals surface area contributed by atoms with E-state index in [-0.39, 0.29) is 17.2 Å². The second-order valence-corrected chi connectivity index (χ2v) is 5.88. The van der Waals surface area contributed by atoms with Gasteiger partial charge in [0.05, 0.1) is 6.61 Å². The van der Waals surface area contributed by atoms with Crippen LogP contribution in [0.5, 0.6) is 5.75 Å². The molecule has 1 rings (SSSR count). The summed E-state index contributed by atoms with van der Waals surface area (Å²) >= 11 is 0. The van der Waals surface area contributed by atoms with Gasteiger partial charge in [-0.1, -0.05) is 13.8 Å². The number of hydrogen-bond acceptors (Lipinski definition) is 4. The van der Waals surface area contributed by atoms with Crippen molar-refractivity contribution < 1.29 is 14.3 Å². The first kappa shape index (κ1) is 19.2. The molecule has 0 saturated heterocycles. The van der Waals surface area contributed by atoms with Crippen LogP contribution < -0.4 is 15.8 Å². The van der Waals surface area contributed by atoms with Crippen LogP contribution in [-0.2, 0) is 4.79 Å². The number of amides is 1. The van der Waals surface area contributed by atoms with Gasteiger partial charge in [0.15, 0.2) is 5.78 Å². The highest BCUT2D eigenvalue weighted by Crippen LogP contribution is 2.13. The SMILES string of the molecule is CCC(N)(CC)CNC(=O)CCCOc1ccc(C(C)=O)cc1. The zero-order valence-corrected chi connectivity index (χ0v) is 14.4. The highest BCUT2D eigenvalue weighted by Gasteiger charge is 2.20. The summed E-state index contributed by atoms with van der Waals surface area (Å²) in [7, 11) is 0. The number of carbonyl (C=O) groups is 2. The van der Waals surface area contributed by atoms with Crippen LogP contribution in [0.1, 0.15) is 56.8 Å². The van der Waals surface area contributed by atoms with E-state index in [0.29, 0.717) is 37.3 Å². The Morgan fingerprint density at radius 2 is 1.78 bits per heavy atom. The lowest BCUT2D eigenvalue weighted by Crippen LogP contribution is -2.49. The van der Waals surface area contributed by atoms with E-state index in [1.807, 2.05) is 13.8 Å². The number of benzene rings is 1. The minimum atomic E-state index is -0.315. The van der Waals surface area contributed by atoms with Crippen molar-refractivity contribution in [1.29, 1.82) is 0 Å². The lowest BCUT2D eigenvalue weighted by atomic mass is 9.94. The van der Waals surface area contributed by atoms with Gasteiger partial charge < -0.3 is 15.8 Å². The first-order chi connectivity index (χ1) is 10.9. The third-order valence-corrected chi connectivity index (χ3v) is 4.12. The van der Waals surface area contributed by atoms with Crippen LogP contribution in [0.15, 0.2) is 24.3 Å². The van der Waals surface area contributed by atoms with Crippen molar-refractivity contribution in [3.8, 4) is 5.75 Å². The Balaban J connectivity index is 2.24. The number of hydrogen-bond donors (Lipinski definition) is 2. The van der Waals surface area contributed by atoms with E-state index in [0.717, 1.165) is 12.8 Å². The topological polar surface area (TPSA) is 81.4 Å². The molecule has 0 fully saturated rings. The molecule has 5 heteroatoms. The molecule has 0 saturated carbocycles. The maximum atomic E-state index is 11.8. The first-order valence-corrected chi connectivity index (χ1v) is 8.19. The number of Topliss-reactive ketones (excluding diaryl/α,β-unsaturated/α-hetero) is 1. The van der Waals surface area contributed by atoms with Crippen LogP contribution in [0.3, 0.4) is 0 Å². The maximum absolute atomic E-state index is 11.8. The molecule has 0 radical (unpaired) electrons. The van der Waals surface area contributed by atoms with E-state index in [9.17, 15) is 9.59 Å². The van der Waals surface area contributed by atoms with Gasteiger partial charge in [0.2, 0.25) is 5.91 Å². The zero-order chi connectivity index (χ0) is 17.3. The van der Waals surface area contributed by atoms with E-state index in [1.54, 1.807) is 24.3 Å². The smallest absolute Gasteiger partial charge is 0.220 e. The van der Waals surface area contributed by atoms with Crippen LogP contribution in [-0.4, -0.2) is 30.4 Å². The van der Waals surface area contributed by atoms with E-state index in [1.165, 1.54) is 6.92 Å². The van der Waals surface area contributed by atoms with E-state index in [4.69, 9.17) is 10.5 Å². The Labute approximate surface area is 138 Å². The van der Waals surface area contributed by atoms with Gasteiger partial charge in [0.1, 0.15) is 5.75 Å². The molecule has 0 aliphatic rings. The molecule has 128 valence electrons. The van der Waals surface area contributed by atoms with Crippen molar-refractivity contribution in [3.05, 3.63) is 29.8 Å². The third kappa shape index (κ3) is 6.82. The lowest BCUT2D eigenvalue weighted by molar-refractivity contribution is -0.121. The first-order valence-electron chi connectivity index (χ1n) is 8.19. The standard InChI is InChI=1S/C18H28N2O3/c1-4-18(19,5-2)13-20-17(22)7-6-12-23-16-10-8-15(9-11-16)14(3)21/h8-11H,4-7,12-13,19H2,1-3H3,(H,20,22). The Morgan fingerprint density at radius 1 is 1.17 bits per heavy atom. The molecule has 1 aromatic rings. The summed E-state index contributed by atoms with van der Waals surface area (Å²) in [6, 6.07) is 7.01. The predicted molar refractivity (Wildman–Crippen MR) is 91.7 cm³/mol. The van der Waals surface area contributed by atoms with Crippen LogP contribution >= 0.6 is 0 Å². The molecule has 0 spiro atoms. The minimum absolute atomic E-state index is 0.00254. The molecule has 3 N–H and O–H groups in total. The fraction of sp³-hybridized carbons (Fsp3) is 0.556. The van der Waals surface area contributed by atoms with Gasteiger partial charge >= 0.3 is 0 Å². The lowest BCUT2D eigenvalue weighted by Gasteiger charge is -2.26. The molecule has 0 aromatic heterocycles. The van der Waals surface area contributed by atoms with E-state index in [2.05, 4.69) is 5.32 Å². The highest BCUT2D eigenvalue weighted by atomic mass is 16.5. The van der Waals surface area contributed by atoms with Crippen molar-refractivity contribution in [2.75, 3.05) is 13.2 Å². The number of ketones is 1. The average molecular weight is 320 g/mol. The zero-order valence-electron chi connectivity index (χ0n) is 14.4. The van der Waals surface area contributed by atoms with Gasteiger partial charge in [0.25, 0.3) is 0 Å². The summed E-state index contributed by atoms with van der Waals surface area (Å²) in [6.45, 7) is 6.55. The quantitative estimate of drug-likeness (QED) is 0.513. The minimum Gasteiger partial charge on any atom is -0.494 e. The summed E-state index contributed by atoms with van der Waals surface area (Å²) in [5.74, 6) is 0.731. The Morgan fingerprint density at radius 3 is 2.30 bits per heavy atom. The van der Waals surface area contributed by atoms with Crippen molar-refractivity contribution in [2.45, 2.75) is 52.0 Å². The molecule has 0 heterocycles. The second-order valence-electron chi connectivity index (χ2n) is 5.88. The highest BCUT2D eigenvalue weighted by molar-refractivity contribution is 5.94. The fourth-order valence-electron chi connectivity index (χ4n) is 2.07. The van der Waals surface area contributed by atoms with Gasteiger partial charge in [-0.3, -0.25) is 9.59 Å². The van der Waals surface area contributed by atoms with Gasteiger partial charge in [-0.25, -0.2) is 0 Å². The number of nitrogens with two attached hydrogens (primary N) is 1. The average Bonchev–Trinajstić information content (AvgIpc) is 2.57. The van der Waals surface area contributed by atoms with E-state index < -0.39 is 0 Å².